The second-order valence-corrected chi connectivity index (χ2v) is 6.06. The fraction of sp³-hybridized carbons (Fsp3) is 0.368. The first-order valence-electron chi connectivity index (χ1n) is 8.54. The lowest BCUT2D eigenvalue weighted by atomic mass is 10.2. The molecular formula is C19H24N4O2. The SMILES string of the molecule is COCCN1CCN(c2ccc(NC(=O)c3cccnc3)cc2)CC1. The third-order valence-corrected chi connectivity index (χ3v) is 4.40. The topological polar surface area (TPSA) is 57.7 Å². The summed E-state index contributed by atoms with van der Waals surface area (Å²) in [5, 5.41) is 2.90. The van der Waals surface area contributed by atoms with Crippen molar-refractivity contribution in [2.45, 2.75) is 0 Å². The average molecular weight is 340 g/mol. The minimum atomic E-state index is -0.146. The van der Waals surface area contributed by atoms with Crippen molar-refractivity contribution in [1.29, 1.82) is 0 Å². The second kappa shape index (κ2) is 8.60. The molecule has 1 aromatic carbocycles. The summed E-state index contributed by atoms with van der Waals surface area (Å²) in [4.78, 5) is 20.9. The lowest BCUT2D eigenvalue weighted by Crippen LogP contribution is -2.47. The van der Waals surface area contributed by atoms with Gasteiger partial charge in [-0.3, -0.25) is 14.7 Å². The molecule has 25 heavy (non-hydrogen) atoms. The first-order valence-corrected chi connectivity index (χ1v) is 8.54. The van der Waals surface area contributed by atoms with Crippen molar-refractivity contribution in [1.82, 2.24) is 9.88 Å². The van der Waals surface area contributed by atoms with Crippen LogP contribution in [0.1, 0.15) is 10.4 Å². The molecule has 2 heterocycles. The van der Waals surface area contributed by atoms with E-state index in [0.29, 0.717) is 5.56 Å². The van der Waals surface area contributed by atoms with Crippen LogP contribution in [0.5, 0.6) is 0 Å². The Labute approximate surface area is 148 Å². The van der Waals surface area contributed by atoms with Gasteiger partial charge in [-0.25, -0.2) is 0 Å². The molecule has 1 saturated heterocycles. The Morgan fingerprint density at radius 1 is 1.16 bits per heavy atom. The standard InChI is InChI=1S/C19H24N4O2/c1-25-14-13-22-9-11-23(12-10-22)18-6-4-17(5-7-18)21-19(24)16-3-2-8-20-15-16/h2-8,15H,9-14H2,1H3,(H,21,24). The van der Waals surface area contributed by atoms with Crippen molar-refractivity contribution < 1.29 is 9.53 Å². The van der Waals surface area contributed by atoms with Gasteiger partial charge in [-0.15, -0.1) is 0 Å². The fourth-order valence-corrected chi connectivity index (χ4v) is 2.91. The third-order valence-electron chi connectivity index (χ3n) is 4.40. The van der Waals surface area contributed by atoms with E-state index in [2.05, 4.69) is 32.2 Å². The molecule has 6 nitrogen and oxygen atoms in total. The average Bonchev–Trinajstić information content (AvgIpc) is 2.68. The van der Waals surface area contributed by atoms with Crippen LogP contribution in [0.2, 0.25) is 0 Å². The third kappa shape index (κ3) is 4.78. The van der Waals surface area contributed by atoms with Crippen molar-refractivity contribution in [2.75, 3.05) is 56.7 Å². The van der Waals surface area contributed by atoms with E-state index in [1.165, 1.54) is 5.69 Å². The van der Waals surface area contributed by atoms with E-state index < -0.39 is 0 Å². The highest BCUT2D eigenvalue weighted by Gasteiger charge is 2.16. The minimum Gasteiger partial charge on any atom is -0.383 e. The molecule has 132 valence electrons. The van der Waals surface area contributed by atoms with E-state index in [0.717, 1.165) is 45.0 Å². The zero-order chi connectivity index (χ0) is 17.5. The Morgan fingerprint density at radius 2 is 1.92 bits per heavy atom. The van der Waals surface area contributed by atoms with Crippen LogP contribution in [0.25, 0.3) is 0 Å². The second-order valence-electron chi connectivity index (χ2n) is 6.06. The van der Waals surface area contributed by atoms with Gasteiger partial charge in [0.25, 0.3) is 5.91 Å². The van der Waals surface area contributed by atoms with E-state index in [9.17, 15) is 4.79 Å². The molecule has 0 saturated carbocycles. The Morgan fingerprint density at radius 3 is 2.56 bits per heavy atom. The van der Waals surface area contributed by atoms with Crippen molar-refractivity contribution in [3.63, 3.8) is 0 Å². The number of aromatic nitrogens is 1. The Hall–Kier alpha value is -2.44. The summed E-state index contributed by atoms with van der Waals surface area (Å²) in [5.41, 5.74) is 2.53. The van der Waals surface area contributed by atoms with Gasteiger partial charge in [0, 0.05) is 63.6 Å². The number of pyridine rings is 1. The fourth-order valence-electron chi connectivity index (χ4n) is 2.91. The number of carbonyl (C=O) groups is 1. The predicted molar refractivity (Wildman–Crippen MR) is 99.2 cm³/mol. The molecule has 0 atom stereocenters. The van der Waals surface area contributed by atoms with Crippen LogP contribution in [0.3, 0.4) is 0 Å². The summed E-state index contributed by atoms with van der Waals surface area (Å²) >= 11 is 0. The molecule has 0 spiro atoms. The zero-order valence-electron chi connectivity index (χ0n) is 14.5. The zero-order valence-corrected chi connectivity index (χ0v) is 14.5. The van der Waals surface area contributed by atoms with Crippen LogP contribution in [-0.4, -0.2) is 62.2 Å². The van der Waals surface area contributed by atoms with Gasteiger partial charge in [-0.05, 0) is 36.4 Å². The molecule has 0 aliphatic carbocycles. The number of nitrogens with zero attached hydrogens (tertiary/aromatic N) is 3. The Kier molecular flexibility index (Phi) is 5.98. The van der Waals surface area contributed by atoms with Crippen LogP contribution < -0.4 is 10.2 Å². The van der Waals surface area contributed by atoms with E-state index in [1.807, 2.05) is 12.1 Å². The highest BCUT2D eigenvalue weighted by atomic mass is 16.5. The number of ether oxygens (including phenoxy) is 1. The lowest BCUT2D eigenvalue weighted by Gasteiger charge is -2.36. The van der Waals surface area contributed by atoms with Crippen molar-refractivity contribution >= 4 is 17.3 Å². The van der Waals surface area contributed by atoms with E-state index in [4.69, 9.17) is 4.74 Å². The molecule has 6 heteroatoms. The summed E-state index contributed by atoms with van der Waals surface area (Å²) in [6.45, 7) is 5.87. The maximum atomic E-state index is 12.1. The normalized spacial score (nSPS) is 15.2. The lowest BCUT2D eigenvalue weighted by molar-refractivity contribution is 0.102. The summed E-state index contributed by atoms with van der Waals surface area (Å²) in [7, 11) is 1.74. The number of methoxy groups -OCH3 is 1. The maximum Gasteiger partial charge on any atom is 0.257 e. The number of carbonyl (C=O) groups excluding carboxylic acids is 1. The van der Waals surface area contributed by atoms with E-state index >= 15 is 0 Å². The number of hydrogen-bond donors (Lipinski definition) is 1. The van der Waals surface area contributed by atoms with E-state index in [1.54, 1.807) is 31.6 Å². The van der Waals surface area contributed by atoms with Gasteiger partial charge in [-0.2, -0.15) is 0 Å². The molecule has 1 N–H and O–H groups in total. The molecule has 1 aliphatic heterocycles. The van der Waals surface area contributed by atoms with Gasteiger partial charge in [0.2, 0.25) is 0 Å². The van der Waals surface area contributed by atoms with Gasteiger partial charge >= 0.3 is 0 Å². The molecule has 0 unspecified atom stereocenters. The Bertz CT molecular complexity index is 668. The number of benzene rings is 1. The quantitative estimate of drug-likeness (QED) is 0.873. The predicted octanol–water partition coefficient (Wildman–Crippen LogP) is 2.10. The van der Waals surface area contributed by atoms with Crippen LogP contribution in [0.15, 0.2) is 48.8 Å². The number of nitrogens with one attached hydrogen (secondary N) is 1. The molecule has 0 radical (unpaired) electrons. The number of piperazine rings is 1. The van der Waals surface area contributed by atoms with E-state index in [-0.39, 0.29) is 5.91 Å². The van der Waals surface area contributed by atoms with Crippen LogP contribution >= 0.6 is 0 Å². The first kappa shape index (κ1) is 17.4. The number of hydrogen-bond acceptors (Lipinski definition) is 5. The molecule has 0 bridgehead atoms. The Balaban J connectivity index is 1.53. The van der Waals surface area contributed by atoms with Gasteiger partial charge in [0.05, 0.1) is 12.2 Å². The summed E-state index contributed by atoms with van der Waals surface area (Å²) in [5.74, 6) is -0.146. The summed E-state index contributed by atoms with van der Waals surface area (Å²) in [6, 6.07) is 11.5. The highest BCUT2D eigenvalue weighted by molar-refractivity contribution is 6.04. The minimum absolute atomic E-state index is 0.146. The van der Waals surface area contributed by atoms with Crippen LogP contribution in [0, 0.1) is 0 Å². The molecule has 2 aromatic rings. The van der Waals surface area contributed by atoms with Crippen molar-refractivity contribution in [3.8, 4) is 0 Å². The maximum absolute atomic E-state index is 12.1. The molecule has 1 amide bonds. The molecule has 1 aromatic heterocycles. The molecule has 1 aliphatic rings. The van der Waals surface area contributed by atoms with Crippen LogP contribution in [-0.2, 0) is 4.74 Å². The van der Waals surface area contributed by atoms with Crippen molar-refractivity contribution in [2.24, 2.45) is 0 Å². The summed E-state index contributed by atoms with van der Waals surface area (Å²) in [6.07, 6.45) is 3.22. The monoisotopic (exact) mass is 340 g/mol. The van der Waals surface area contributed by atoms with Crippen LogP contribution in [0.4, 0.5) is 11.4 Å². The highest BCUT2D eigenvalue weighted by Crippen LogP contribution is 2.20. The number of anilines is 2. The largest absolute Gasteiger partial charge is 0.383 e. The smallest absolute Gasteiger partial charge is 0.257 e. The van der Waals surface area contributed by atoms with Gasteiger partial charge in [0.15, 0.2) is 0 Å². The van der Waals surface area contributed by atoms with Crippen molar-refractivity contribution in [3.05, 3.63) is 54.4 Å². The molecular weight excluding hydrogens is 316 g/mol. The van der Waals surface area contributed by atoms with Gasteiger partial charge in [0.1, 0.15) is 0 Å². The summed E-state index contributed by atoms with van der Waals surface area (Å²) < 4.78 is 5.14. The number of amides is 1. The van der Waals surface area contributed by atoms with Gasteiger partial charge < -0.3 is 15.0 Å². The van der Waals surface area contributed by atoms with Gasteiger partial charge in [-0.1, -0.05) is 0 Å². The first-order chi connectivity index (χ1) is 12.3. The number of rotatable bonds is 6. The molecule has 1 fully saturated rings. The molecule has 3 rings (SSSR count).